The molecular formula is C17H20F2N5O12P3. The molecule has 0 spiro atoms. The van der Waals surface area contributed by atoms with Crippen LogP contribution in [0.25, 0.3) is 10.4 Å². The van der Waals surface area contributed by atoms with E-state index < -0.39 is 70.4 Å². The van der Waals surface area contributed by atoms with E-state index in [9.17, 15) is 46.7 Å². The molecule has 0 aliphatic carbocycles. The zero-order valence-electron chi connectivity index (χ0n) is 19.5. The first-order valence-electron chi connectivity index (χ1n) is 10.5. The molecule has 4 N–H and O–H groups in total. The Morgan fingerprint density at radius 2 is 1.85 bits per heavy atom. The molecule has 6 atom stereocenters. The number of rotatable bonds is 11. The first-order valence-corrected chi connectivity index (χ1v) is 15.1. The summed E-state index contributed by atoms with van der Waals surface area (Å²) >= 11 is 0. The van der Waals surface area contributed by atoms with Crippen molar-refractivity contribution < 1.29 is 55.3 Å². The van der Waals surface area contributed by atoms with E-state index in [1.165, 1.54) is 25.1 Å². The van der Waals surface area contributed by atoms with E-state index in [2.05, 4.69) is 23.4 Å². The number of hydrogen-bond donors (Lipinski definition) is 4. The summed E-state index contributed by atoms with van der Waals surface area (Å²) in [5.41, 5.74) is 7.33. The molecule has 2 heterocycles. The molecule has 0 amide bonds. The maximum Gasteiger partial charge on any atom is 0.479 e. The molecule has 0 radical (unpaired) electrons. The quantitative estimate of drug-likeness (QED) is 0.123. The van der Waals surface area contributed by atoms with Crippen LogP contribution in [0.15, 0.2) is 51.2 Å². The maximum absolute atomic E-state index is 14.5. The molecule has 2 aromatic rings. The highest BCUT2D eigenvalue weighted by Crippen LogP contribution is 2.78. The number of aromatic nitrogens is 2. The third-order valence-electron chi connectivity index (χ3n) is 5.13. The van der Waals surface area contributed by atoms with Crippen molar-refractivity contribution in [3.8, 4) is 5.75 Å². The number of phosphoric acid groups is 1. The molecule has 3 rings (SSSR count). The van der Waals surface area contributed by atoms with Gasteiger partial charge in [-0.05, 0) is 24.6 Å². The van der Waals surface area contributed by atoms with Crippen molar-refractivity contribution in [1.82, 2.24) is 9.55 Å². The number of para-hydroxylation sites is 1. The van der Waals surface area contributed by atoms with Gasteiger partial charge in [-0.1, -0.05) is 23.3 Å². The first kappa shape index (κ1) is 30.9. The van der Waals surface area contributed by atoms with Gasteiger partial charge in [0.25, 0.3) is 5.56 Å². The Morgan fingerprint density at radius 1 is 1.21 bits per heavy atom. The Kier molecular flexibility index (Phi) is 9.05. The van der Waals surface area contributed by atoms with E-state index in [-0.39, 0.29) is 12.0 Å². The van der Waals surface area contributed by atoms with Crippen LogP contribution >= 0.6 is 23.0 Å². The third-order valence-corrected chi connectivity index (χ3v) is 10.6. The van der Waals surface area contributed by atoms with Crippen LogP contribution < -0.4 is 15.8 Å². The summed E-state index contributed by atoms with van der Waals surface area (Å²) in [4.78, 5) is 57.5. The lowest BCUT2D eigenvalue weighted by Crippen LogP contribution is -2.33. The van der Waals surface area contributed by atoms with E-state index in [1.54, 1.807) is 0 Å². The highest BCUT2D eigenvalue weighted by atomic mass is 31.3. The van der Waals surface area contributed by atoms with Crippen LogP contribution in [0.3, 0.4) is 0 Å². The Labute approximate surface area is 216 Å². The smallest absolute Gasteiger partial charge is 0.420 e. The van der Waals surface area contributed by atoms with Crippen molar-refractivity contribution in [3.05, 3.63) is 73.4 Å². The monoisotopic (exact) mass is 617 g/mol. The molecule has 39 heavy (non-hydrogen) atoms. The van der Waals surface area contributed by atoms with E-state index in [0.717, 1.165) is 22.9 Å². The van der Waals surface area contributed by atoms with Gasteiger partial charge in [0, 0.05) is 23.1 Å². The van der Waals surface area contributed by atoms with Crippen LogP contribution in [0, 0.1) is 6.92 Å². The second-order valence-corrected chi connectivity index (χ2v) is 13.5. The third kappa shape index (κ3) is 6.91. The number of aryl methyl sites for hydroxylation is 1. The van der Waals surface area contributed by atoms with Gasteiger partial charge in [-0.15, -0.1) is 0 Å². The topological polar surface area (TPSA) is 252 Å². The zero-order chi connectivity index (χ0) is 29.2. The minimum absolute atomic E-state index is 0.114. The van der Waals surface area contributed by atoms with Crippen molar-refractivity contribution in [2.45, 2.75) is 37.1 Å². The number of ether oxygens (including phenoxy) is 1. The van der Waals surface area contributed by atoms with Gasteiger partial charge in [-0.25, -0.2) is 18.2 Å². The Morgan fingerprint density at radius 3 is 2.46 bits per heavy atom. The second-order valence-electron chi connectivity index (χ2n) is 7.92. The Balaban J connectivity index is 1.74. The number of halogens is 2. The largest absolute Gasteiger partial charge is 0.479 e. The van der Waals surface area contributed by atoms with Gasteiger partial charge in [0.05, 0.1) is 18.8 Å². The van der Waals surface area contributed by atoms with Gasteiger partial charge in [-0.3, -0.25) is 23.4 Å². The molecule has 214 valence electrons. The fraction of sp³-hybridized carbons (Fsp3) is 0.412. The lowest BCUT2D eigenvalue weighted by atomic mass is 10.1. The minimum Gasteiger partial charge on any atom is -0.420 e. The van der Waals surface area contributed by atoms with E-state index >= 15 is 0 Å². The van der Waals surface area contributed by atoms with Crippen LogP contribution in [-0.2, 0) is 27.3 Å². The first-order chi connectivity index (χ1) is 18.0. The molecular weight excluding hydrogens is 597 g/mol. The van der Waals surface area contributed by atoms with Crippen molar-refractivity contribution in [1.29, 1.82) is 0 Å². The summed E-state index contributed by atoms with van der Waals surface area (Å²) in [6.45, 7) is 0.321. The normalized spacial score (nSPS) is 24.1. The summed E-state index contributed by atoms with van der Waals surface area (Å²) in [6.07, 6.45) is -1.67. The number of hydrogen-bond acceptors (Lipinski definition) is 10. The summed E-state index contributed by atoms with van der Waals surface area (Å²) in [7, 11) is -19.0. The molecule has 0 saturated carbocycles. The minimum atomic E-state index is -6.75. The van der Waals surface area contributed by atoms with Crippen LogP contribution in [0.5, 0.6) is 5.75 Å². The molecule has 1 aromatic carbocycles. The van der Waals surface area contributed by atoms with Crippen molar-refractivity contribution in [2.24, 2.45) is 5.11 Å². The van der Waals surface area contributed by atoms with Gasteiger partial charge >= 0.3 is 34.1 Å². The maximum atomic E-state index is 14.5. The number of alkyl halides is 2. The van der Waals surface area contributed by atoms with Crippen LogP contribution in [0.1, 0.15) is 18.2 Å². The number of H-pyrrole nitrogens is 1. The lowest BCUT2D eigenvalue weighted by Gasteiger charge is -2.26. The summed E-state index contributed by atoms with van der Waals surface area (Å²) < 4.78 is 84.4. The summed E-state index contributed by atoms with van der Waals surface area (Å²) in [5.74, 6) is -0.583. The number of phosphoric ester groups is 1. The molecule has 1 fully saturated rings. The number of azide groups is 1. The molecule has 1 saturated heterocycles. The molecule has 0 bridgehead atoms. The number of aromatic amines is 1. The van der Waals surface area contributed by atoms with E-state index in [4.69, 9.17) is 10.3 Å². The molecule has 3 unspecified atom stereocenters. The molecule has 1 aliphatic heterocycles. The highest BCUT2D eigenvalue weighted by molar-refractivity contribution is 7.76. The predicted octanol–water partition coefficient (Wildman–Crippen LogP) is 2.95. The SMILES string of the molecule is Cc1cn([C@@H]2C[C@@H](N=[N+]=[N-])[C@H](COP(=O)(O)OP(=O)(O)C(F)(F)P(=O)(O)Oc3ccccc3)O2)c(=O)[nH]c1=O. The van der Waals surface area contributed by atoms with Crippen LogP contribution in [-0.4, -0.2) is 48.4 Å². The molecule has 1 aromatic heterocycles. The zero-order valence-corrected chi connectivity index (χ0v) is 22.2. The molecule has 17 nitrogen and oxygen atoms in total. The van der Waals surface area contributed by atoms with Gasteiger partial charge in [0.15, 0.2) is 0 Å². The fourth-order valence-corrected chi connectivity index (χ4v) is 7.52. The Hall–Kier alpha value is -2.68. The van der Waals surface area contributed by atoms with Crippen molar-refractivity contribution in [3.63, 3.8) is 0 Å². The summed E-state index contributed by atoms with van der Waals surface area (Å²) in [6, 6.07) is 4.70. The number of benzene rings is 1. The van der Waals surface area contributed by atoms with Gasteiger partial charge in [0.2, 0.25) is 0 Å². The van der Waals surface area contributed by atoms with E-state index in [1.807, 2.05) is 4.98 Å². The standard InChI is InChI=1S/C17H20F2N5O12P3/c1-10-8-24(16(26)21-15(10)25)14-7-12(22-23-20)13(34-14)9-33-39(31,32)36-38(29,30)17(18,19)37(27,28)35-11-5-3-2-4-6-11/h2-6,8,12-14H,7,9H2,1H3,(H,27,28)(H,29,30)(H,31,32)(H,21,25,26)/t12-,13+,14+/m1/s1. The van der Waals surface area contributed by atoms with Gasteiger partial charge in [-0.2, -0.15) is 8.78 Å². The fourth-order valence-electron chi connectivity index (χ4n) is 3.24. The Bertz CT molecular complexity index is 1530. The van der Waals surface area contributed by atoms with Crippen molar-refractivity contribution >= 4 is 23.0 Å². The number of nitrogens with one attached hydrogen (secondary N) is 1. The number of nitrogens with zero attached hydrogens (tertiary/aromatic N) is 4. The molecule has 22 heteroatoms. The second kappa shape index (κ2) is 11.4. The van der Waals surface area contributed by atoms with Gasteiger partial charge < -0.3 is 23.9 Å². The average molecular weight is 617 g/mol. The summed E-state index contributed by atoms with van der Waals surface area (Å²) in [5, 5.41) is -2.19. The van der Waals surface area contributed by atoms with Gasteiger partial charge in [0.1, 0.15) is 12.0 Å². The van der Waals surface area contributed by atoms with Crippen LogP contribution in [0.4, 0.5) is 8.78 Å². The van der Waals surface area contributed by atoms with Crippen molar-refractivity contribution in [2.75, 3.05) is 6.61 Å². The lowest BCUT2D eigenvalue weighted by molar-refractivity contribution is -0.0268. The molecule has 1 aliphatic rings. The predicted molar refractivity (Wildman–Crippen MR) is 126 cm³/mol. The van der Waals surface area contributed by atoms with Crippen LogP contribution in [0.2, 0.25) is 0 Å². The average Bonchev–Trinajstić information content (AvgIpc) is 3.22. The van der Waals surface area contributed by atoms with E-state index in [0.29, 0.717) is 0 Å². The highest BCUT2D eigenvalue weighted by Gasteiger charge is 2.69.